The van der Waals surface area contributed by atoms with E-state index in [2.05, 4.69) is 6.92 Å². The third-order valence-corrected chi connectivity index (χ3v) is 3.66. The second-order valence-corrected chi connectivity index (χ2v) is 5.18. The lowest BCUT2D eigenvalue weighted by Gasteiger charge is -2.31. The van der Waals surface area contributed by atoms with Gasteiger partial charge < -0.3 is 9.80 Å². The normalized spacial score (nSPS) is 22.0. The Morgan fingerprint density at radius 1 is 1.28 bits per heavy atom. The molecule has 0 aromatic rings. The van der Waals surface area contributed by atoms with Gasteiger partial charge in [0.15, 0.2) is 0 Å². The Hall–Kier alpha value is -1.59. The van der Waals surface area contributed by atoms with Crippen molar-refractivity contribution in [3.05, 3.63) is 0 Å². The van der Waals surface area contributed by atoms with Gasteiger partial charge in [0, 0.05) is 20.1 Å². The van der Waals surface area contributed by atoms with Gasteiger partial charge in [0.2, 0.25) is 5.91 Å². The predicted molar refractivity (Wildman–Crippen MR) is 64.7 cm³/mol. The van der Waals surface area contributed by atoms with Crippen molar-refractivity contribution in [2.75, 3.05) is 33.2 Å². The molecule has 0 unspecified atom stereocenters. The van der Waals surface area contributed by atoms with E-state index < -0.39 is 0 Å². The topological polar surface area (TPSA) is 60.9 Å². The number of nitrogens with zero attached hydrogens (tertiary/aromatic N) is 3. The molecule has 0 radical (unpaired) electrons. The molecular weight excluding hydrogens is 234 g/mol. The van der Waals surface area contributed by atoms with Gasteiger partial charge in [-0.05, 0) is 18.8 Å². The zero-order valence-corrected chi connectivity index (χ0v) is 10.9. The molecule has 0 saturated carbocycles. The number of piperidine rings is 1. The molecule has 18 heavy (non-hydrogen) atoms. The van der Waals surface area contributed by atoms with Crippen LogP contribution in [0.15, 0.2) is 0 Å². The summed E-state index contributed by atoms with van der Waals surface area (Å²) in [5.74, 6) is 0.232. The van der Waals surface area contributed by atoms with Gasteiger partial charge in [-0.3, -0.25) is 14.5 Å². The molecule has 0 spiro atoms. The van der Waals surface area contributed by atoms with Crippen molar-refractivity contribution in [3.63, 3.8) is 0 Å². The smallest absolute Gasteiger partial charge is 0.327 e. The molecule has 2 saturated heterocycles. The van der Waals surface area contributed by atoms with Crippen LogP contribution in [0.5, 0.6) is 0 Å². The largest absolute Gasteiger partial charge is 0.341 e. The number of urea groups is 1. The summed E-state index contributed by atoms with van der Waals surface area (Å²) in [6.45, 7) is 3.59. The lowest BCUT2D eigenvalue weighted by atomic mass is 9.99. The molecule has 2 heterocycles. The summed E-state index contributed by atoms with van der Waals surface area (Å²) in [6.07, 6.45) is 1.99. The molecule has 0 atom stereocenters. The van der Waals surface area contributed by atoms with Crippen LogP contribution in [0.2, 0.25) is 0 Å². The number of imide groups is 1. The number of hydrogen-bond acceptors (Lipinski definition) is 3. The second kappa shape index (κ2) is 4.96. The minimum atomic E-state index is -0.376. The highest BCUT2D eigenvalue weighted by Gasteiger charge is 2.36. The predicted octanol–water partition coefficient (Wildman–Crippen LogP) is 0.139. The summed E-state index contributed by atoms with van der Waals surface area (Å²) in [7, 11) is 1.56. The summed E-state index contributed by atoms with van der Waals surface area (Å²) in [5.41, 5.74) is 0. The van der Waals surface area contributed by atoms with Crippen LogP contribution >= 0.6 is 0 Å². The van der Waals surface area contributed by atoms with Crippen molar-refractivity contribution >= 4 is 17.8 Å². The van der Waals surface area contributed by atoms with Gasteiger partial charge in [0.25, 0.3) is 5.91 Å². The van der Waals surface area contributed by atoms with Crippen molar-refractivity contribution in [1.82, 2.24) is 14.7 Å². The molecule has 2 aliphatic heterocycles. The van der Waals surface area contributed by atoms with Crippen LogP contribution in [0, 0.1) is 5.92 Å². The van der Waals surface area contributed by atoms with Crippen LogP contribution in [0.3, 0.4) is 0 Å². The van der Waals surface area contributed by atoms with E-state index in [1.807, 2.05) is 0 Å². The third kappa shape index (κ3) is 2.47. The van der Waals surface area contributed by atoms with Crippen LogP contribution in [-0.4, -0.2) is 65.8 Å². The number of hydrogen-bond donors (Lipinski definition) is 0. The molecule has 2 rings (SSSR count). The van der Waals surface area contributed by atoms with Gasteiger partial charge in [-0.2, -0.15) is 0 Å². The lowest BCUT2D eigenvalue weighted by Crippen LogP contribution is -2.45. The van der Waals surface area contributed by atoms with Gasteiger partial charge >= 0.3 is 6.03 Å². The highest BCUT2D eigenvalue weighted by molar-refractivity contribution is 6.04. The fraction of sp³-hybridized carbons (Fsp3) is 0.750. The monoisotopic (exact) mass is 253 g/mol. The molecule has 0 aliphatic carbocycles. The molecule has 100 valence electrons. The summed E-state index contributed by atoms with van der Waals surface area (Å²) in [4.78, 5) is 39.3. The second-order valence-electron chi connectivity index (χ2n) is 5.18. The molecule has 0 aromatic heterocycles. The van der Waals surface area contributed by atoms with Gasteiger partial charge in [-0.15, -0.1) is 0 Å². The Kier molecular flexibility index (Phi) is 3.54. The van der Waals surface area contributed by atoms with Gasteiger partial charge in [-0.1, -0.05) is 6.92 Å². The summed E-state index contributed by atoms with van der Waals surface area (Å²) < 4.78 is 0. The Bertz CT molecular complexity index is 375. The first-order valence-corrected chi connectivity index (χ1v) is 6.32. The van der Waals surface area contributed by atoms with E-state index in [4.69, 9.17) is 0 Å². The maximum atomic E-state index is 12.0. The van der Waals surface area contributed by atoms with Crippen LogP contribution in [0.4, 0.5) is 4.79 Å². The van der Waals surface area contributed by atoms with E-state index in [1.54, 1.807) is 11.9 Å². The van der Waals surface area contributed by atoms with E-state index in [9.17, 15) is 14.4 Å². The van der Waals surface area contributed by atoms with E-state index >= 15 is 0 Å². The Labute approximate surface area is 107 Å². The number of carbonyl (C=O) groups excluding carboxylic acids is 3. The Morgan fingerprint density at radius 2 is 1.89 bits per heavy atom. The molecule has 4 amide bonds. The highest BCUT2D eigenvalue weighted by atomic mass is 16.2. The fourth-order valence-corrected chi connectivity index (χ4v) is 2.32. The van der Waals surface area contributed by atoms with Gasteiger partial charge in [0.05, 0.1) is 0 Å². The number of amides is 4. The average Bonchev–Trinajstić information content (AvgIpc) is 2.57. The van der Waals surface area contributed by atoms with Crippen molar-refractivity contribution in [3.8, 4) is 0 Å². The highest BCUT2D eigenvalue weighted by Crippen LogP contribution is 2.17. The van der Waals surface area contributed by atoms with Crippen molar-refractivity contribution in [2.45, 2.75) is 19.8 Å². The summed E-state index contributed by atoms with van der Waals surface area (Å²) >= 11 is 0. The minimum absolute atomic E-state index is 0.0726. The summed E-state index contributed by atoms with van der Waals surface area (Å²) in [6, 6.07) is -0.376. The van der Waals surface area contributed by atoms with Crippen LogP contribution in [0.25, 0.3) is 0 Å². The summed E-state index contributed by atoms with van der Waals surface area (Å²) in [5, 5.41) is 0. The van der Waals surface area contributed by atoms with E-state index in [1.165, 1.54) is 4.90 Å². The standard InChI is InChI=1S/C12H19N3O3/c1-9-3-5-14(6-4-9)10(16)8-15-11(17)7-13(2)12(15)18/h9H,3-8H2,1-2H3. The quantitative estimate of drug-likeness (QED) is 0.658. The third-order valence-electron chi connectivity index (χ3n) is 3.66. The van der Waals surface area contributed by atoms with E-state index in [0.29, 0.717) is 5.92 Å². The first-order chi connectivity index (χ1) is 8.49. The maximum absolute atomic E-state index is 12.0. The fourth-order valence-electron chi connectivity index (χ4n) is 2.32. The van der Waals surface area contributed by atoms with Gasteiger partial charge in [0.1, 0.15) is 13.1 Å². The molecule has 0 bridgehead atoms. The van der Waals surface area contributed by atoms with Crippen molar-refractivity contribution in [2.24, 2.45) is 5.92 Å². The first kappa shape index (κ1) is 12.9. The molecule has 2 aliphatic rings. The van der Waals surface area contributed by atoms with Crippen molar-refractivity contribution in [1.29, 1.82) is 0 Å². The van der Waals surface area contributed by atoms with Crippen molar-refractivity contribution < 1.29 is 14.4 Å². The zero-order valence-electron chi connectivity index (χ0n) is 10.9. The van der Waals surface area contributed by atoms with Crippen LogP contribution in [-0.2, 0) is 9.59 Å². The number of carbonyl (C=O) groups is 3. The molecule has 0 aromatic carbocycles. The SMILES string of the molecule is CC1CCN(C(=O)CN2C(=O)CN(C)C2=O)CC1. The van der Waals surface area contributed by atoms with Gasteiger partial charge in [-0.25, -0.2) is 4.79 Å². The molecule has 0 N–H and O–H groups in total. The first-order valence-electron chi connectivity index (χ1n) is 6.32. The Balaban J connectivity index is 1.91. The van der Waals surface area contributed by atoms with Crippen LogP contribution in [0.1, 0.15) is 19.8 Å². The molecule has 6 heteroatoms. The maximum Gasteiger partial charge on any atom is 0.327 e. The number of likely N-dealkylation sites (N-methyl/N-ethyl adjacent to an activating group) is 1. The van der Waals surface area contributed by atoms with E-state index in [0.717, 1.165) is 30.8 Å². The molecular formula is C12H19N3O3. The zero-order chi connectivity index (χ0) is 13.3. The minimum Gasteiger partial charge on any atom is -0.341 e. The van der Waals surface area contributed by atoms with Crippen LogP contribution < -0.4 is 0 Å². The number of likely N-dealkylation sites (tertiary alicyclic amines) is 1. The van der Waals surface area contributed by atoms with E-state index in [-0.39, 0.29) is 30.9 Å². The lowest BCUT2D eigenvalue weighted by molar-refractivity contribution is -0.137. The molecule has 6 nitrogen and oxygen atoms in total. The Morgan fingerprint density at radius 3 is 2.39 bits per heavy atom. The molecule has 2 fully saturated rings. The number of rotatable bonds is 2. The average molecular weight is 253 g/mol.